The summed E-state index contributed by atoms with van der Waals surface area (Å²) in [6.07, 6.45) is -66.7. The molecule has 5 aromatic carbocycles. The van der Waals surface area contributed by atoms with E-state index < -0.39 is 262 Å². The van der Waals surface area contributed by atoms with Gasteiger partial charge in [0.25, 0.3) is 0 Å². The lowest BCUT2D eigenvalue weighted by Crippen LogP contribution is -3.00. The van der Waals surface area contributed by atoms with E-state index in [-0.39, 0.29) is 10.8 Å². The second-order valence-corrected chi connectivity index (χ2v) is 39.6. The number of nitrogens with zero attached hydrogens (tertiary/aromatic N) is 2. The van der Waals surface area contributed by atoms with Gasteiger partial charge in [-0.2, -0.15) is 0 Å². The van der Waals surface area contributed by atoms with Crippen LogP contribution in [0.25, 0.3) is 67.0 Å². The maximum absolute atomic E-state index is 7.09. The summed E-state index contributed by atoms with van der Waals surface area (Å²) in [7, 11) is 299. The van der Waals surface area contributed by atoms with Gasteiger partial charge in [0.05, 0.1) is 11.4 Å². The highest BCUT2D eigenvalue weighted by Gasteiger charge is 2.67. The molecule has 0 aliphatic rings. The number of hydrogen-bond acceptors (Lipinski definition) is 2. The van der Waals surface area contributed by atoms with E-state index in [1.54, 1.807) is 0 Å². The molecule has 0 aliphatic carbocycles. The topological polar surface area (TPSA) is 25.8 Å². The van der Waals surface area contributed by atoms with Crippen molar-refractivity contribution in [2.45, 2.75) is 52.4 Å². The highest BCUT2D eigenvalue weighted by molar-refractivity contribution is 8.42. The van der Waals surface area contributed by atoms with Gasteiger partial charge in [-0.1, -0.05) is 150 Å². The van der Waals surface area contributed by atoms with Gasteiger partial charge in [0.2, 0.25) is 0 Å². The molecule has 2 nitrogen and oxygen atoms in total. The smallest absolute Gasteiger partial charge is 0.0704 e. The first-order valence-corrected chi connectivity index (χ1v) is 46.0. The normalized spacial score (nSPS) is 10.6. The van der Waals surface area contributed by atoms with Crippen molar-refractivity contribution in [2.75, 3.05) is 0 Å². The molecule has 7 rings (SSSR count). The number of pyridine rings is 2. The van der Waals surface area contributed by atoms with E-state index in [1.807, 2.05) is 12.4 Å². The van der Waals surface area contributed by atoms with E-state index in [0.29, 0.717) is 5.02 Å². The maximum Gasteiger partial charge on any atom is 0.0704 e. The van der Waals surface area contributed by atoms with Gasteiger partial charge in [-0.05, 0) is 109 Å². The molecule has 0 N–H and O–H groups in total. The summed E-state index contributed by atoms with van der Waals surface area (Å²) in [4.78, 5) is 9.36. The Kier molecular flexibility index (Phi) is 51.6. The molecule has 88 heteroatoms. The highest BCUT2D eigenvalue weighted by Crippen LogP contribution is 2.41. The van der Waals surface area contributed by atoms with Crippen LogP contribution in [0.5, 0.6) is 0 Å². The summed E-state index contributed by atoms with van der Waals surface area (Å²) >= 11 is 6.90. The zero-order valence-electron chi connectivity index (χ0n) is 79.3. The lowest BCUT2D eigenvalue weighted by atomic mass is 8.19. The van der Waals surface area contributed by atoms with Gasteiger partial charge >= 0.3 is 0 Å². The van der Waals surface area contributed by atoms with Gasteiger partial charge in [-0.3, -0.25) is 9.97 Å². The van der Waals surface area contributed by atoms with Gasteiger partial charge in [-0.25, -0.2) is 0 Å². The monoisotopic (exact) mass is 1620 g/mol. The second kappa shape index (κ2) is 56.2. The number of benzene rings is 5. The molecule has 0 saturated heterocycles. The van der Waals surface area contributed by atoms with Gasteiger partial charge in [0, 0.05) is 630 Å². The molecule has 0 bridgehead atoms. The van der Waals surface area contributed by atoms with Gasteiger partial charge in [0.15, 0.2) is 0 Å². The minimum absolute atomic E-state index is 0.0639. The minimum atomic E-state index is -2.01. The van der Waals surface area contributed by atoms with E-state index in [0.717, 1.165) is 74.1 Å². The molecule has 0 atom stereocenters. The summed E-state index contributed by atoms with van der Waals surface area (Å²) in [5.41, 5.74) is 15.9. The summed E-state index contributed by atoms with van der Waals surface area (Å²) in [6.45, 7) is 13.4. The fourth-order valence-corrected chi connectivity index (χ4v) is 22.0. The minimum Gasteiger partial charge on any atom is -0.256 e. The van der Waals surface area contributed by atoms with Gasteiger partial charge in [-0.15, -0.1) is 0 Å². The van der Waals surface area contributed by atoms with Crippen LogP contribution >= 0.6 is 11.6 Å². The van der Waals surface area contributed by atoms with Crippen LogP contribution in [-0.2, 0) is 10.8 Å². The summed E-state index contributed by atoms with van der Waals surface area (Å²) in [5.74, 6) is 0. The van der Waals surface area contributed by atoms with Crippen molar-refractivity contribution in [1.82, 2.24) is 9.97 Å². The molecule has 87 radical (unpaired) electrons. The number of rotatable bonds is 47. The fourth-order valence-electron chi connectivity index (χ4n) is 21.8. The van der Waals surface area contributed by atoms with Crippen LogP contribution in [-0.4, -0.2) is 612 Å². The third kappa shape index (κ3) is 32.1. The van der Waals surface area contributed by atoms with Crippen LogP contribution in [0.1, 0.15) is 52.7 Å². The first-order valence-electron chi connectivity index (χ1n) is 45.6. The Morgan fingerprint density at radius 2 is 0.382 bits per heavy atom. The Hall–Kier alpha value is 0.209. The van der Waals surface area contributed by atoms with Crippen LogP contribution in [0.3, 0.4) is 0 Å². The molecule has 0 unspecified atom stereocenters. The molecular weight excluding hydrogens is 1560 g/mol. The summed E-state index contributed by atoms with van der Waals surface area (Å²) in [6, 6.07) is 49.6. The van der Waals surface area contributed by atoms with Crippen molar-refractivity contribution in [3.05, 3.63) is 168 Å². The Morgan fingerprint density at radius 1 is 0.206 bits per heavy atom. The van der Waals surface area contributed by atoms with Crippen molar-refractivity contribution < 1.29 is 0 Å². The van der Waals surface area contributed by atoms with Crippen LogP contribution in [0.2, 0.25) is 5.02 Å². The van der Waals surface area contributed by atoms with Crippen LogP contribution in [0.4, 0.5) is 0 Å². The molecular formula is C48H43B85ClN2. The second-order valence-electron chi connectivity index (χ2n) is 39.2. The molecule has 2 heterocycles. The molecule has 0 aliphatic heterocycles. The van der Waals surface area contributed by atoms with E-state index >= 15 is 0 Å². The molecule has 136 heavy (non-hydrogen) atoms. The summed E-state index contributed by atoms with van der Waals surface area (Å²) < 4.78 is 0. The Balaban J connectivity index is 0.000000467. The molecule has 0 fully saturated rings. The fraction of sp³-hybridized carbons (Fsp3) is 0.167. The predicted octanol–water partition coefficient (Wildman–Crippen LogP) is -18.6. The van der Waals surface area contributed by atoms with Crippen molar-refractivity contribution >= 4 is 613 Å². The highest BCUT2D eigenvalue weighted by atomic mass is 35.5. The van der Waals surface area contributed by atoms with E-state index in [1.165, 1.54) is 11.1 Å². The first kappa shape index (κ1) is 125. The quantitative estimate of drug-likeness (QED) is 0.0355. The first-order chi connectivity index (χ1) is 63.1. The van der Waals surface area contributed by atoms with E-state index in [2.05, 4.69) is 191 Å². The van der Waals surface area contributed by atoms with Crippen molar-refractivity contribution in [1.29, 1.82) is 0 Å². The standard InChI is InChI=1S/C48H43ClN2.B85/c1-47(2,3)38-23-25-50-45(30-38)34-19-15-32(16-20-34)41-11-7-9-13-43(41)36-27-37(29-40(49)28-36)44-14-10-8-12-42(44)33-17-21-35(22-18-33)46-31-39(24-26-51-46)48(4,5)6;1-44-66(45(2)3)77(67(46(4)5)47(6)7)82(76(64(40)41)65(42)43)85(83(78(68(48(8)9)49(10)11)69(50(12)13)51(14)15)79(70(52(16)17)53(18)19)71(54(20)21)55(22)23)84(80(72(56(24)25)57(26)27)73(58(28)29)59(30)31)81(74(60(32)33)61(34)35)75(62(36)37)63(38)39/h7-31H,1-6H3;. The zero-order valence-corrected chi connectivity index (χ0v) is 80.0. The molecule has 0 saturated carbocycles. The third-order valence-electron chi connectivity index (χ3n) is 27.6. The average molecular weight is 1600 g/mol. The van der Waals surface area contributed by atoms with Crippen molar-refractivity contribution in [3.63, 3.8) is 0 Å². The predicted molar refractivity (Wildman–Crippen MR) is 706 cm³/mol. The largest absolute Gasteiger partial charge is 0.256 e. The summed E-state index contributed by atoms with van der Waals surface area (Å²) in [5, 5.41) is 0.701. The Morgan fingerprint density at radius 3 is 0.566 bits per heavy atom. The Labute approximate surface area is 901 Å². The average Bonchev–Trinajstić information content (AvgIpc) is 0.709. The molecule has 507 valence electrons. The SMILES string of the molecule is CC(C)(C)c1ccnc(-c2ccc(-c3ccccc3-c3cc(Cl)cc(-c4ccccc4-c4ccc(-c5cc(C(C)(C)C)ccn5)cc4)c3)cc2)c1.[B][B]B(B([B])[B])B(B(B([B])[B])B([B])[B])B(B(B([B])[B])B([B])[B])B(B(B(B(B([B])[B])B([B])[B])B(B([B])[B])B([B])[B])B(B(B([B])[B])B([B])[B])B(B([B])[B])B([B])[B])B(B(B(B([B])[B])B([B])[B])B(B([B])[B])B([B])[B])B(B(B([B])[B])B([B])[B])B(B([B])[B])B([B])[B]. The number of hydrogen-bond donors (Lipinski definition) is 0. The zero-order chi connectivity index (χ0) is 103. The van der Waals surface area contributed by atoms with Gasteiger partial charge < -0.3 is 0 Å². The van der Waals surface area contributed by atoms with Crippen LogP contribution in [0, 0.1) is 0 Å². The van der Waals surface area contributed by atoms with Crippen LogP contribution in [0.15, 0.2) is 152 Å². The lowest BCUT2D eigenvalue weighted by Gasteiger charge is -2.62. The van der Waals surface area contributed by atoms with Crippen LogP contribution < -0.4 is 0 Å². The molecule has 0 spiro atoms. The third-order valence-corrected chi connectivity index (χ3v) is 27.8. The number of halogens is 1. The van der Waals surface area contributed by atoms with Crippen molar-refractivity contribution in [2.24, 2.45) is 0 Å². The van der Waals surface area contributed by atoms with E-state index in [4.69, 9.17) is 344 Å². The van der Waals surface area contributed by atoms with Crippen molar-refractivity contribution in [3.8, 4) is 67.0 Å². The Bertz CT molecular complexity index is 4200. The molecule has 2 aromatic heterocycles. The van der Waals surface area contributed by atoms with E-state index in [9.17, 15) is 0 Å². The lowest BCUT2D eigenvalue weighted by molar-refractivity contribution is 0.589. The number of aromatic nitrogens is 2. The molecule has 0 amide bonds. The maximum atomic E-state index is 7.09. The molecule has 7 aromatic rings. The van der Waals surface area contributed by atoms with Gasteiger partial charge in [0.1, 0.15) is 0 Å².